The second-order valence-electron chi connectivity index (χ2n) is 7.96. The van der Waals surface area contributed by atoms with Crippen molar-refractivity contribution in [2.45, 2.75) is 43.4 Å². The third-order valence-electron chi connectivity index (χ3n) is 6.25. The zero-order chi connectivity index (χ0) is 20.6. The summed E-state index contributed by atoms with van der Waals surface area (Å²) in [5.74, 6) is 0.0562. The first-order chi connectivity index (χ1) is 13.8. The summed E-state index contributed by atoms with van der Waals surface area (Å²) in [4.78, 5) is 13.1. The summed E-state index contributed by atoms with van der Waals surface area (Å²) >= 11 is 5.98. The largest absolute Gasteiger partial charge is 0.417 e. The molecule has 2 aliphatic heterocycles. The maximum Gasteiger partial charge on any atom is 0.417 e. The molecule has 154 valence electrons. The Balaban J connectivity index is 1.68. The van der Waals surface area contributed by atoms with Gasteiger partial charge in [-0.05, 0) is 55.8 Å². The van der Waals surface area contributed by atoms with E-state index in [1.54, 1.807) is 0 Å². The van der Waals surface area contributed by atoms with Crippen molar-refractivity contribution in [2.24, 2.45) is 5.92 Å². The van der Waals surface area contributed by atoms with Gasteiger partial charge in [0.2, 0.25) is 0 Å². The molecule has 0 unspecified atom stereocenters. The summed E-state index contributed by atoms with van der Waals surface area (Å²) in [6, 6.07) is 12.6. The van der Waals surface area contributed by atoms with Crippen LogP contribution in [0.5, 0.6) is 0 Å². The first-order valence-electron chi connectivity index (χ1n) is 9.77. The summed E-state index contributed by atoms with van der Waals surface area (Å²) in [5, 5.41) is 6.04. The molecule has 2 N–H and O–H groups in total. The Morgan fingerprint density at radius 3 is 2.38 bits per heavy atom. The first kappa shape index (κ1) is 20.2. The minimum absolute atomic E-state index is 0.164. The van der Waals surface area contributed by atoms with Gasteiger partial charge >= 0.3 is 6.18 Å². The molecule has 1 saturated carbocycles. The lowest BCUT2D eigenvalue weighted by atomic mass is 9.67. The maximum atomic E-state index is 13.2. The molecule has 1 atom stereocenters. The monoisotopic (exact) mass is 422 g/mol. The van der Waals surface area contributed by atoms with E-state index in [0.29, 0.717) is 5.92 Å². The van der Waals surface area contributed by atoms with Crippen LogP contribution >= 0.6 is 11.6 Å². The van der Waals surface area contributed by atoms with E-state index in [0.717, 1.165) is 43.9 Å². The van der Waals surface area contributed by atoms with Crippen LogP contribution in [0.25, 0.3) is 0 Å². The number of hydrogen-bond acceptors (Lipinski definition) is 2. The number of benzene rings is 2. The Morgan fingerprint density at radius 2 is 1.79 bits per heavy atom. The quantitative estimate of drug-likeness (QED) is 0.696. The fourth-order valence-electron chi connectivity index (χ4n) is 4.63. The van der Waals surface area contributed by atoms with Crippen LogP contribution in [0.15, 0.2) is 48.5 Å². The SMILES string of the molecule is O=C(N[C@@H](c1ccccc1)C12CCC(CC1)CN2)c1cccc(C(F)(F)F)c1Cl. The number of halogens is 4. The van der Waals surface area contributed by atoms with Gasteiger partial charge in [0.1, 0.15) is 0 Å². The van der Waals surface area contributed by atoms with Crippen LogP contribution in [0.2, 0.25) is 5.02 Å². The minimum atomic E-state index is -4.62. The van der Waals surface area contributed by atoms with Gasteiger partial charge in [0, 0.05) is 5.54 Å². The zero-order valence-electron chi connectivity index (χ0n) is 15.7. The van der Waals surface area contributed by atoms with Gasteiger partial charge in [-0.25, -0.2) is 0 Å². The van der Waals surface area contributed by atoms with Crippen molar-refractivity contribution in [1.29, 1.82) is 0 Å². The second kappa shape index (κ2) is 7.65. The molecule has 5 rings (SSSR count). The summed E-state index contributed by atoms with van der Waals surface area (Å²) < 4.78 is 39.6. The molecule has 1 aliphatic carbocycles. The van der Waals surface area contributed by atoms with Crippen molar-refractivity contribution in [1.82, 2.24) is 10.6 Å². The van der Waals surface area contributed by atoms with Crippen molar-refractivity contribution in [3.63, 3.8) is 0 Å². The van der Waals surface area contributed by atoms with E-state index < -0.39 is 22.7 Å². The number of fused-ring (bicyclic) bond motifs is 3. The normalized spacial score (nSPS) is 24.9. The number of piperidine rings is 2. The number of rotatable bonds is 4. The van der Waals surface area contributed by atoms with Gasteiger partial charge < -0.3 is 10.6 Å². The summed E-state index contributed by atoms with van der Waals surface area (Å²) in [5.41, 5.74) is -0.544. The van der Waals surface area contributed by atoms with Crippen LogP contribution in [-0.2, 0) is 6.18 Å². The highest BCUT2D eigenvalue weighted by atomic mass is 35.5. The zero-order valence-corrected chi connectivity index (χ0v) is 16.5. The summed E-state index contributed by atoms with van der Waals surface area (Å²) in [7, 11) is 0. The van der Waals surface area contributed by atoms with Crippen LogP contribution in [-0.4, -0.2) is 18.0 Å². The van der Waals surface area contributed by atoms with Crippen LogP contribution in [0.3, 0.4) is 0 Å². The molecule has 7 heteroatoms. The standard InChI is InChI=1S/C22H22ClF3N2O/c23-18-16(7-4-8-17(18)22(24,25)26)20(29)28-19(15-5-2-1-3-6-15)21-11-9-14(10-12-21)13-27-21/h1-8,14,19,27H,9-13H2,(H,28,29)/t14?,19-,21?/m0/s1. The highest BCUT2D eigenvalue weighted by molar-refractivity contribution is 6.34. The molecule has 3 aliphatic rings. The number of hydrogen-bond donors (Lipinski definition) is 2. The topological polar surface area (TPSA) is 41.1 Å². The van der Waals surface area contributed by atoms with Gasteiger partial charge in [-0.2, -0.15) is 13.2 Å². The average Bonchev–Trinajstić information content (AvgIpc) is 2.73. The molecular formula is C22H22ClF3N2O. The molecule has 0 aromatic heterocycles. The summed E-state index contributed by atoms with van der Waals surface area (Å²) in [6.07, 6.45) is -0.636. The van der Waals surface area contributed by atoms with Crippen LogP contribution in [0.4, 0.5) is 13.2 Å². The predicted molar refractivity (Wildman–Crippen MR) is 106 cm³/mol. The molecule has 1 amide bonds. The van der Waals surface area contributed by atoms with Crippen molar-refractivity contribution >= 4 is 17.5 Å². The molecule has 0 spiro atoms. The fourth-order valence-corrected chi connectivity index (χ4v) is 4.95. The van der Waals surface area contributed by atoms with Gasteiger partial charge in [0.15, 0.2) is 0 Å². The predicted octanol–water partition coefficient (Wildman–Crippen LogP) is 5.36. The number of carbonyl (C=O) groups excluding carboxylic acids is 1. The highest BCUT2D eigenvalue weighted by Gasteiger charge is 2.47. The Labute approximate surface area is 172 Å². The molecule has 2 saturated heterocycles. The van der Waals surface area contributed by atoms with Gasteiger partial charge in [0.25, 0.3) is 5.91 Å². The highest BCUT2D eigenvalue weighted by Crippen LogP contribution is 2.44. The lowest BCUT2D eigenvalue weighted by Crippen LogP contribution is -2.62. The minimum Gasteiger partial charge on any atom is -0.343 e. The average molecular weight is 423 g/mol. The van der Waals surface area contributed by atoms with Gasteiger partial charge in [-0.15, -0.1) is 0 Å². The van der Waals surface area contributed by atoms with Crippen molar-refractivity contribution in [3.05, 3.63) is 70.2 Å². The Bertz CT molecular complexity index is 879. The van der Waals surface area contributed by atoms with Crippen molar-refractivity contribution in [2.75, 3.05) is 6.54 Å². The smallest absolute Gasteiger partial charge is 0.343 e. The number of carbonyl (C=O) groups is 1. The van der Waals surface area contributed by atoms with E-state index in [2.05, 4.69) is 10.6 Å². The lowest BCUT2D eigenvalue weighted by molar-refractivity contribution is -0.137. The van der Waals surface area contributed by atoms with E-state index in [9.17, 15) is 18.0 Å². The Kier molecular flexibility index (Phi) is 5.34. The van der Waals surface area contributed by atoms with Crippen LogP contribution in [0, 0.1) is 5.92 Å². The summed E-state index contributed by atoms with van der Waals surface area (Å²) in [6.45, 7) is 0.892. The van der Waals surface area contributed by atoms with Crippen molar-refractivity contribution < 1.29 is 18.0 Å². The molecular weight excluding hydrogens is 401 g/mol. The van der Waals surface area contributed by atoms with E-state index in [1.165, 1.54) is 12.1 Å². The van der Waals surface area contributed by atoms with Gasteiger partial charge in [-0.1, -0.05) is 48.0 Å². The van der Waals surface area contributed by atoms with E-state index in [4.69, 9.17) is 11.6 Å². The molecule has 2 bridgehead atoms. The lowest BCUT2D eigenvalue weighted by Gasteiger charge is -2.52. The fraction of sp³-hybridized carbons (Fsp3) is 0.409. The number of alkyl halides is 3. The Morgan fingerprint density at radius 1 is 1.10 bits per heavy atom. The third kappa shape index (κ3) is 3.88. The number of amides is 1. The van der Waals surface area contributed by atoms with Gasteiger partial charge in [0.05, 0.1) is 22.2 Å². The molecule has 2 heterocycles. The van der Waals surface area contributed by atoms with Crippen LogP contribution < -0.4 is 10.6 Å². The molecule has 3 fully saturated rings. The Hall–Kier alpha value is -2.05. The molecule has 3 nitrogen and oxygen atoms in total. The van der Waals surface area contributed by atoms with E-state index in [1.807, 2.05) is 30.3 Å². The van der Waals surface area contributed by atoms with E-state index >= 15 is 0 Å². The van der Waals surface area contributed by atoms with Crippen molar-refractivity contribution in [3.8, 4) is 0 Å². The number of nitrogens with one attached hydrogen (secondary N) is 2. The molecule has 2 aromatic carbocycles. The molecule has 0 radical (unpaired) electrons. The maximum absolute atomic E-state index is 13.2. The van der Waals surface area contributed by atoms with Crippen LogP contribution in [0.1, 0.15) is 53.2 Å². The third-order valence-corrected chi connectivity index (χ3v) is 6.66. The second-order valence-corrected chi connectivity index (χ2v) is 8.34. The first-order valence-corrected chi connectivity index (χ1v) is 10.1. The molecule has 2 aromatic rings. The van der Waals surface area contributed by atoms with E-state index in [-0.39, 0.29) is 17.1 Å². The van der Waals surface area contributed by atoms with Gasteiger partial charge in [-0.3, -0.25) is 4.79 Å². The molecule has 29 heavy (non-hydrogen) atoms.